The molecule has 6 heteroatoms. The molecule has 102 valence electrons. The van der Waals surface area contributed by atoms with Crippen molar-refractivity contribution < 1.29 is 13.2 Å². The van der Waals surface area contributed by atoms with Crippen LogP contribution in [0.25, 0.3) is 0 Å². The minimum atomic E-state index is -4.35. The SMILES string of the molecule is N#Cc1ccc(Nc2ccc(C(F)(F)F)cc2)cc1Cl. The fourth-order valence-corrected chi connectivity index (χ4v) is 1.82. The third kappa shape index (κ3) is 3.22. The van der Waals surface area contributed by atoms with Gasteiger partial charge in [0.2, 0.25) is 0 Å². The minimum Gasteiger partial charge on any atom is -0.355 e. The Balaban J connectivity index is 2.19. The number of hydrogen-bond acceptors (Lipinski definition) is 2. The van der Waals surface area contributed by atoms with Gasteiger partial charge in [-0.3, -0.25) is 0 Å². The second-order valence-corrected chi connectivity index (χ2v) is 4.41. The van der Waals surface area contributed by atoms with E-state index in [1.54, 1.807) is 6.07 Å². The molecule has 0 aliphatic rings. The molecule has 0 aromatic heterocycles. The van der Waals surface area contributed by atoms with Gasteiger partial charge in [0, 0.05) is 11.4 Å². The largest absolute Gasteiger partial charge is 0.416 e. The molecular formula is C14H8ClF3N2. The first-order valence-electron chi connectivity index (χ1n) is 5.54. The lowest BCUT2D eigenvalue weighted by molar-refractivity contribution is -0.137. The highest BCUT2D eigenvalue weighted by atomic mass is 35.5. The predicted molar refractivity (Wildman–Crippen MR) is 70.9 cm³/mol. The summed E-state index contributed by atoms with van der Waals surface area (Å²) in [5.74, 6) is 0. The molecule has 0 atom stereocenters. The van der Waals surface area contributed by atoms with Gasteiger partial charge in [-0.25, -0.2) is 0 Å². The summed E-state index contributed by atoms with van der Waals surface area (Å²) in [5, 5.41) is 11.9. The molecule has 0 aliphatic heterocycles. The Bertz CT molecular complexity index is 658. The molecule has 0 aliphatic carbocycles. The Morgan fingerprint density at radius 3 is 2.10 bits per heavy atom. The van der Waals surface area contributed by atoms with E-state index < -0.39 is 11.7 Å². The van der Waals surface area contributed by atoms with E-state index in [1.807, 2.05) is 6.07 Å². The summed E-state index contributed by atoms with van der Waals surface area (Å²) in [6.07, 6.45) is -4.35. The summed E-state index contributed by atoms with van der Waals surface area (Å²) in [4.78, 5) is 0. The quantitative estimate of drug-likeness (QED) is 0.849. The number of alkyl halides is 3. The fourth-order valence-electron chi connectivity index (χ4n) is 1.59. The molecule has 0 fully saturated rings. The smallest absolute Gasteiger partial charge is 0.355 e. The van der Waals surface area contributed by atoms with E-state index in [2.05, 4.69) is 5.32 Å². The Morgan fingerprint density at radius 2 is 1.60 bits per heavy atom. The normalized spacial score (nSPS) is 10.9. The second kappa shape index (κ2) is 5.43. The van der Waals surface area contributed by atoms with E-state index in [4.69, 9.17) is 16.9 Å². The molecule has 2 aromatic carbocycles. The van der Waals surface area contributed by atoms with E-state index in [-0.39, 0.29) is 5.02 Å². The monoisotopic (exact) mass is 296 g/mol. The van der Waals surface area contributed by atoms with Gasteiger partial charge >= 0.3 is 6.18 Å². The van der Waals surface area contributed by atoms with E-state index in [1.165, 1.54) is 24.3 Å². The van der Waals surface area contributed by atoms with Crippen molar-refractivity contribution in [3.05, 3.63) is 58.6 Å². The summed E-state index contributed by atoms with van der Waals surface area (Å²) < 4.78 is 37.2. The number of benzene rings is 2. The van der Waals surface area contributed by atoms with Gasteiger partial charge in [-0.2, -0.15) is 18.4 Å². The van der Waals surface area contributed by atoms with Gasteiger partial charge in [0.25, 0.3) is 0 Å². The standard InChI is InChI=1S/C14H8ClF3N2/c15-13-7-12(4-1-9(13)8-19)20-11-5-2-10(3-6-11)14(16,17)18/h1-7,20H. The van der Waals surface area contributed by atoms with Gasteiger partial charge in [-0.05, 0) is 42.5 Å². The zero-order valence-corrected chi connectivity index (χ0v) is 10.8. The van der Waals surface area contributed by atoms with Crippen molar-refractivity contribution in [1.29, 1.82) is 5.26 Å². The zero-order valence-electron chi connectivity index (χ0n) is 10.0. The lowest BCUT2D eigenvalue weighted by Crippen LogP contribution is -2.04. The van der Waals surface area contributed by atoms with E-state index in [0.29, 0.717) is 16.9 Å². The maximum Gasteiger partial charge on any atom is 0.416 e. The molecule has 0 saturated carbocycles. The van der Waals surface area contributed by atoms with Gasteiger partial charge in [-0.15, -0.1) is 0 Å². The minimum absolute atomic E-state index is 0.282. The Labute approximate surface area is 118 Å². The summed E-state index contributed by atoms with van der Waals surface area (Å²) in [7, 11) is 0. The van der Waals surface area contributed by atoms with Crippen LogP contribution in [-0.4, -0.2) is 0 Å². The molecule has 1 N–H and O–H groups in total. The van der Waals surface area contributed by atoms with Crippen LogP contribution in [-0.2, 0) is 6.18 Å². The van der Waals surface area contributed by atoms with Crippen LogP contribution in [0.5, 0.6) is 0 Å². The van der Waals surface area contributed by atoms with Crippen molar-refractivity contribution in [1.82, 2.24) is 0 Å². The van der Waals surface area contributed by atoms with E-state index in [9.17, 15) is 13.2 Å². The third-order valence-corrected chi connectivity index (χ3v) is 2.90. The van der Waals surface area contributed by atoms with Crippen molar-refractivity contribution in [3.63, 3.8) is 0 Å². The zero-order chi connectivity index (χ0) is 14.8. The van der Waals surface area contributed by atoms with Gasteiger partial charge in [0.05, 0.1) is 16.1 Å². The molecule has 0 saturated heterocycles. The molecular weight excluding hydrogens is 289 g/mol. The van der Waals surface area contributed by atoms with Gasteiger partial charge in [0.15, 0.2) is 0 Å². The van der Waals surface area contributed by atoms with Crippen molar-refractivity contribution in [2.24, 2.45) is 0 Å². The van der Waals surface area contributed by atoms with Gasteiger partial charge < -0.3 is 5.32 Å². The van der Waals surface area contributed by atoms with Crippen molar-refractivity contribution >= 4 is 23.0 Å². The first-order valence-corrected chi connectivity index (χ1v) is 5.92. The first kappa shape index (κ1) is 14.2. The van der Waals surface area contributed by atoms with Crippen LogP contribution in [0.1, 0.15) is 11.1 Å². The van der Waals surface area contributed by atoms with E-state index >= 15 is 0 Å². The van der Waals surface area contributed by atoms with Crippen LogP contribution in [0.4, 0.5) is 24.5 Å². The molecule has 0 heterocycles. The van der Waals surface area contributed by atoms with Crippen LogP contribution < -0.4 is 5.32 Å². The lowest BCUT2D eigenvalue weighted by atomic mass is 10.2. The number of nitriles is 1. The third-order valence-electron chi connectivity index (χ3n) is 2.59. The topological polar surface area (TPSA) is 35.8 Å². The van der Waals surface area contributed by atoms with Crippen molar-refractivity contribution in [3.8, 4) is 6.07 Å². The maximum atomic E-state index is 12.4. The van der Waals surface area contributed by atoms with Crippen LogP contribution in [0.3, 0.4) is 0 Å². The van der Waals surface area contributed by atoms with Crippen molar-refractivity contribution in [2.45, 2.75) is 6.18 Å². The van der Waals surface area contributed by atoms with Crippen LogP contribution in [0.15, 0.2) is 42.5 Å². The number of nitrogens with one attached hydrogen (secondary N) is 1. The summed E-state index contributed by atoms with van der Waals surface area (Å²) in [6, 6.07) is 11.3. The highest BCUT2D eigenvalue weighted by Gasteiger charge is 2.29. The molecule has 2 rings (SSSR count). The summed E-state index contributed by atoms with van der Waals surface area (Å²) >= 11 is 5.87. The molecule has 2 nitrogen and oxygen atoms in total. The number of hydrogen-bond donors (Lipinski definition) is 1. The van der Waals surface area contributed by atoms with Gasteiger partial charge in [-0.1, -0.05) is 11.6 Å². The Kier molecular flexibility index (Phi) is 3.86. The Morgan fingerprint density at radius 1 is 1.00 bits per heavy atom. The van der Waals surface area contributed by atoms with E-state index in [0.717, 1.165) is 12.1 Å². The average Bonchev–Trinajstić information content (AvgIpc) is 2.38. The molecule has 0 unspecified atom stereocenters. The molecule has 0 spiro atoms. The van der Waals surface area contributed by atoms with Crippen LogP contribution in [0, 0.1) is 11.3 Å². The number of rotatable bonds is 2. The average molecular weight is 297 g/mol. The predicted octanol–water partition coefficient (Wildman–Crippen LogP) is 4.97. The number of anilines is 2. The van der Waals surface area contributed by atoms with Crippen molar-refractivity contribution in [2.75, 3.05) is 5.32 Å². The molecule has 0 bridgehead atoms. The fraction of sp³-hybridized carbons (Fsp3) is 0.0714. The molecule has 0 radical (unpaired) electrons. The lowest BCUT2D eigenvalue weighted by Gasteiger charge is -2.10. The highest BCUT2D eigenvalue weighted by molar-refractivity contribution is 6.32. The van der Waals surface area contributed by atoms with Crippen LogP contribution in [0.2, 0.25) is 5.02 Å². The summed E-state index contributed by atoms with van der Waals surface area (Å²) in [5.41, 5.74) is 0.720. The van der Waals surface area contributed by atoms with Gasteiger partial charge in [0.1, 0.15) is 6.07 Å². The van der Waals surface area contributed by atoms with Crippen LogP contribution >= 0.6 is 11.6 Å². The second-order valence-electron chi connectivity index (χ2n) is 4.01. The molecule has 0 amide bonds. The highest BCUT2D eigenvalue weighted by Crippen LogP contribution is 2.30. The first-order chi connectivity index (χ1) is 9.40. The number of nitrogens with zero attached hydrogens (tertiary/aromatic N) is 1. The molecule has 2 aromatic rings. The molecule has 20 heavy (non-hydrogen) atoms. The maximum absolute atomic E-state index is 12.4. The summed E-state index contributed by atoms with van der Waals surface area (Å²) in [6.45, 7) is 0. The Hall–Kier alpha value is -2.19. The number of halogens is 4.